The normalized spacial score (nSPS) is 16.2. The molecule has 0 unspecified atom stereocenters. The third kappa shape index (κ3) is 2.82. The summed E-state index contributed by atoms with van der Waals surface area (Å²) in [4.78, 5) is 23.4. The Hall–Kier alpha value is -1.88. The molecule has 1 fully saturated rings. The van der Waals surface area contributed by atoms with Gasteiger partial charge >= 0.3 is 5.97 Å². The molecule has 0 aliphatic heterocycles. The van der Waals surface area contributed by atoms with E-state index in [9.17, 15) is 14.7 Å². The highest BCUT2D eigenvalue weighted by Gasteiger charge is 2.44. The van der Waals surface area contributed by atoms with Crippen molar-refractivity contribution in [1.82, 2.24) is 5.32 Å². The van der Waals surface area contributed by atoms with Crippen molar-refractivity contribution >= 4 is 11.9 Å². The number of hydrogen-bond acceptors (Lipinski definition) is 3. The smallest absolute Gasteiger partial charge is 0.311 e. The molecule has 2 rings (SSSR count). The van der Waals surface area contributed by atoms with Gasteiger partial charge in [-0.2, -0.15) is 0 Å². The van der Waals surface area contributed by atoms with Crippen LogP contribution in [0.15, 0.2) is 24.3 Å². The lowest BCUT2D eigenvalue weighted by atomic mass is 9.69. The second-order valence-electron chi connectivity index (χ2n) is 5.21. The number of ether oxygens (including phenoxy) is 1. The summed E-state index contributed by atoms with van der Waals surface area (Å²) in [5.41, 5.74) is 0.561. The van der Waals surface area contributed by atoms with E-state index in [2.05, 4.69) is 5.32 Å². The molecule has 5 nitrogen and oxygen atoms in total. The first-order valence-electron chi connectivity index (χ1n) is 6.67. The minimum atomic E-state index is -0.825. The summed E-state index contributed by atoms with van der Waals surface area (Å²) in [5.74, 6) is -1.07. The van der Waals surface area contributed by atoms with E-state index < -0.39 is 11.4 Å². The van der Waals surface area contributed by atoms with E-state index in [4.69, 9.17) is 4.74 Å². The standard InChI is InChI=1S/C15H19NO4/c1-20-9-11-5-2-3-6-12(11)13(17)16-10-15(14(18)19)7-4-8-15/h2-3,5-6H,4,7-10H2,1H3,(H,16,17)(H,18,19). The Labute approximate surface area is 117 Å². The van der Waals surface area contributed by atoms with Gasteiger partial charge in [0.25, 0.3) is 5.91 Å². The zero-order chi connectivity index (χ0) is 14.6. The average molecular weight is 277 g/mol. The SMILES string of the molecule is COCc1ccccc1C(=O)NCC1(C(=O)O)CCC1. The predicted octanol–water partition coefficient (Wildman–Crippen LogP) is 1.82. The molecule has 0 bridgehead atoms. The molecule has 0 saturated heterocycles. The fourth-order valence-corrected chi connectivity index (χ4v) is 2.44. The van der Waals surface area contributed by atoms with Crippen LogP contribution in [0.3, 0.4) is 0 Å². The maximum absolute atomic E-state index is 12.2. The number of aliphatic carboxylic acids is 1. The Bertz CT molecular complexity index is 508. The minimum Gasteiger partial charge on any atom is -0.481 e. The molecule has 0 radical (unpaired) electrons. The number of amides is 1. The molecule has 2 N–H and O–H groups in total. The highest BCUT2D eigenvalue weighted by atomic mass is 16.5. The largest absolute Gasteiger partial charge is 0.481 e. The number of nitrogens with one attached hydrogen (secondary N) is 1. The lowest BCUT2D eigenvalue weighted by molar-refractivity contribution is -0.153. The van der Waals surface area contributed by atoms with E-state index in [0.717, 1.165) is 12.0 Å². The lowest BCUT2D eigenvalue weighted by Crippen LogP contribution is -2.47. The maximum Gasteiger partial charge on any atom is 0.311 e. The minimum absolute atomic E-state index is 0.183. The number of benzene rings is 1. The maximum atomic E-state index is 12.2. The molecule has 5 heteroatoms. The van der Waals surface area contributed by atoms with Crippen molar-refractivity contribution in [1.29, 1.82) is 0 Å². The van der Waals surface area contributed by atoms with Gasteiger partial charge in [0.2, 0.25) is 0 Å². The molecule has 0 atom stereocenters. The predicted molar refractivity (Wildman–Crippen MR) is 73.4 cm³/mol. The van der Waals surface area contributed by atoms with Gasteiger partial charge in [0.05, 0.1) is 12.0 Å². The molecule has 1 aliphatic carbocycles. The summed E-state index contributed by atoms with van der Waals surface area (Å²) in [7, 11) is 1.57. The van der Waals surface area contributed by atoms with Crippen molar-refractivity contribution in [2.24, 2.45) is 5.41 Å². The fourth-order valence-electron chi connectivity index (χ4n) is 2.44. The molecule has 1 aromatic carbocycles. The second-order valence-corrected chi connectivity index (χ2v) is 5.21. The fraction of sp³-hybridized carbons (Fsp3) is 0.467. The summed E-state index contributed by atoms with van der Waals surface area (Å²) in [5, 5.41) is 12.0. The zero-order valence-corrected chi connectivity index (χ0v) is 11.5. The first-order chi connectivity index (χ1) is 9.59. The van der Waals surface area contributed by atoms with E-state index in [1.165, 1.54) is 0 Å². The molecule has 1 aliphatic rings. The van der Waals surface area contributed by atoms with Crippen LogP contribution < -0.4 is 5.32 Å². The van der Waals surface area contributed by atoms with Gasteiger partial charge in [-0.05, 0) is 24.5 Å². The number of carboxylic acid groups (broad SMARTS) is 1. The number of carboxylic acids is 1. The van der Waals surface area contributed by atoms with Crippen molar-refractivity contribution in [3.8, 4) is 0 Å². The molecule has 0 heterocycles. The summed E-state index contributed by atoms with van der Waals surface area (Å²) < 4.78 is 5.06. The average Bonchev–Trinajstić information content (AvgIpc) is 2.38. The highest BCUT2D eigenvalue weighted by molar-refractivity contribution is 5.96. The summed E-state index contributed by atoms with van der Waals surface area (Å²) >= 11 is 0. The van der Waals surface area contributed by atoms with E-state index in [-0.39, 0.29) is 12.5 Å². The molecule has 1 saturated carbocycles. The van der Waals surface area contributed by atoms with Crippen LogP contribution >= 0.6 is 0 Å². The molecule has 0 aromatic heterocycles. The van der Waals surface area contributed by atoms with E-state index in [1.54, 1.807) is 19.2 Å². The Morgan fingerprint density at radius 3 is 2.60 bits per heavy atom. The quantitative estimate of drug-likeness (QED) is 0.831. The molecular weight excluding hydrogens is 258 g/mol. The highest BCUT2D eigenvalue weighted by Crippen LogP contribution is 2.40. The first-order valence-corrected chi connectivity index (χ1v) is 6.67. The van der Waals surface area contributed by atoms with Crippen LogP contribution in [0.1, 0.15) is 35.2 Å². The number of hydrogen-bond donors (Lipinski definition) is 2. The summed E-state index contributed by atoms with van der Waals surface area (Å²) in [6.45, 7) is 0.538. The van der Waals surface area contributed by atoms with Gasteiger partial charge in [0, 0.05) is 19.2 Å². The van der Waals surface area contributed by atoms with Gasteiger partial charge in [-0.15, -0.1) is 0 Å². The van der Waals surface area contributed by atoms with Crippen molar-refractivity contribution < 1.29 is 19.4 Å². The van der Waals surface area contributed by atoms with Crippen LogP contribution in [0.25, 0.3) is 0 Å². The molecule has 1 amide bonds. The Kier molecular flexibility index (Phi) is 4.39. The van der Waals surface area contributed by atoms with Gasteiger partial charge in [-0.3, -0.25) is 9.59 Å². The monoisotopic (exact) mass is 277 g/mol. The number of rotatable bonds is 6. The molecule has 20 heavy (non-hydrogen) atoms. The number of carbonyl (C=O) groups excluding carboxylic acids is 1. The van der Waals surface area contributed by atoms with Crippen molar-refractivity contribution in [3.05, 3.63) is 35.4 Å². The Morgan fingerprint density at radius 1 is 1.35 bits per heavy atom. The lowest BCUT2D eigenvalue weighted by Gasteiger charge is -2.37. The Morgan fingerprint density at radius 2 is 2.05 bits per heavy atom. The Balaban J connectivity index is 2.03. The second kappa shape index (κ2) is 6.05. The van der Waals surface area contributed by atoms with Crippen LogP contribution in [0.5, 0.6) is 0 Å². The molecule has 1 aromatic rings. The van der Waals surface area contributed by atoms with E-state index in [0.29, 0.717) is 25.0 Å². The van der Waals surface area contributed by atoms with Gasteiger partial charge in [0.15, 0.2) is 0 Å². The van der Waals surface area contributed by atoms with Gasteiger partial charge in [-0.1, -0.05) is 24.6 Å². The summed E-state index contributed by atoms with van der Waals surface area (Å²) in [6.07, 6.45) is 2.16. The number of methoxy groups -OCH3 is 1. The van der Waals surface area contributed by atoms with Crippen molar-refractivity contribution in [3.63, 3.8) is 0 Å². The molecular formula is C15H19NO4. The van der Waals surface area contributed by atoms with E-state index >= 15 is 0 Å². The van der Waals surface area contributed by atoms with Gasteiger partial charge < -0.3 is 15.2 Å². The molecule has 0 spiro atoms. The summed E-state index contributed by atoms with van der Waals surface area (Å²) in [6, 6.07) is 7.17. The topological polar surface area (TPSA) is 75.6 Å². The zero-order valence-electron chi connectivity index (χ0n) is 11.5. The van der Waals surface area contributed by atoms with Crippen LogP contribution in [0, 0.1) is 5.41 Å². The third-order valence-electron chi connectivity index (χ3n) is 3.91. The van der Waals surface area contributed by atoms with Crippen molar-refractivity contribution in [2.45, 2.75) is 25.9 Å². The van der Waals surface area contributed by atoms with Crippen LogP contribution in [-0.4, -0.2) is 30.6 Å². The third-order valence-corrected chi connectivity index (χ3v) is 3.91. The van der Waals surface area contributed by atoms with Gasteiger partial charge in [0.1, 0.15) is 0 Å². The molecule has 108 valence electrons. The van der Waals surface area contributed by atoms with Crippen LogP contribution in [-0.2, 0) is 16.1 Å². The number of carbonyl (C=O) groups is 2. The van der Waals surface area contributed by atoms with Crippen molar-refractivity contribution in [2.75, 3.05) is 13.7 Å². The van der Waals surface area contributed by atoms with Crippen LogP contribution in [0.4, 0.5) is 0 Å². The van der Waals surface area contributed by atoms with Gasteiger partial charge in [-0.25, -0.2) is 0 Å². The van der Waals surface area contributed by atoms with Crippen LogP contribution in [0.2, 0.25) is 0 Å². The van der Waals surface area contributed by atoms with E-state index in [1.807, 2.05) is 12.1 Å². The first kappa shape index (κ1) is 14.5.